The summed E-state index contributed by atoms with van der Waals surface area (Å²) in [7, 11) is 0. The Morgan fingerprint density at radius 2 is 1.96 bits per heavy atom. The van der Waals surface area contributed by atoms with Gasteiger partial charge in [0, 0.05) is 6.07 Å². The van der Waals surface area contributed by atoms with Crippen molar-refractivity contribution in [2.75, 3.05) is 12.2 Å². The average Bonchev–Trinajstić information content (AvgIpc) is 2.95. The number of hydrogen-bond acceptors (Lipinski definition) is 6. The smallest absolute Gasteiger partial charge is 0.282 e. The zero-order valence-electron chi connectivity index (χ0n) is 11.5. The van der Waals surface area contributed by atoms with Crippen LogP contribution in [0.5, 0.6) is 11.5 Å². The Labute approximate surface area is 128 Å². The topological polar surface area (TPSA) is 86.0 Å². The van der Waals surface area contributed by atoms with Crippen LogP contribution in [0.3, 0.4) is 0 Å². The molecule has 1 N–H and O–H groups in total. The summed E-state index contributed by atoms with van der Waals surface area (Å²) in [6.07, 6.45) is 1.14. The third-order valence-corrected chi connectivity index (χ3v) is 3.04. The number of ether oxygens (including phenoxy) is 2. The maximum atomic E-state index is 13.4. The summed E-state index contributed by atoms with van der Waals surface area (Å²) in [6.45, 7) is -0.0217. The molecule has 2 aromatic rings. The molecule has 3 rings (SSSR count). The van der Waals surface area contributed by atoms with Crippen LogP contribution in [0.25, 0.3) is 0 Å². The van der Waals surface area contributed by atoms with Crippen LogP contribution < -0.4 is 14.9 Å². The monoisotopic (exact) mass is 321 g/mol. The Kier molecular flexibility index (Phi) is 3.75. The maximum absolute atomic E-state index is 13.4. The van der Waals surface area contributed by atoms with E-state index in [0.29, 0.717) is 11.8 Å². The third kappa shape index (κ3) is 3.03. The minimum Gasteiger partial charge on any atom is -0.454 e. The minimum atomic E-state index is -0.831. The summed E-state index contributed by atoms with van der Waals surface area (Å²) in [5.41, 5.74) is 2.20. The molecular formula is C14H9F2N3O4. The molecule has 7 nitrogen and oxygen atoms in total. The number of nitro benzene ring substituents is 1. The normalized spacial score (nSPS) is 12.6. The van der Waals surface area contributed by atoms with E-state index >= 15 is 0 Å². The molecule has 118 valence electrons. The van der Waals surface area contributed by atoms with Gasteiger partial charge in [-0.2, -0.15) is 5.10 Å². The van der Waals surface area contributed by atoms with E-state index in [1.807, 2.05) is 0 Å². The molecule has 0 saturated heterocycles. The van der Waals surface area contributed by atoms with Gasteiger partial charge in [0.25, 0.3) is 5.69 Å². The first-order chi connectivity index (χ1) is 11.0. The average molecular weight is 321 g/mol. The lowest BCUT2D eigenvalue weighted by atomic mass is 10.1. The van der Waals surface area contributed by atoms with Crippen molar-refractivity contribution >= 4 is 17.6 Å². The standard InChI is InChI=1S/C14H9F2N3O4/c15-9-1-2-11(10(16)4-9)18-17-6-8-3-13-14(23-7-22-13)5-12(8)19(20)21/h1-6,18H,7H2/b17-6-. The van der Waals surface area contributed by atoms with Crippen molar-refractivity contribution in [2.24, 2.45) is 5.10 Å². The number of fused-ring (bicyclic) bond motifs is 1. The van der Waals surface area contributed by atoms with Gasteiger partial charge in [0.1, 0.15) is 5.82 Å². The van der Waals surface area contributed by atoms with Gasteiger partial charge >= 0.3 is 0 Å². The second-order valence-electron chi connectivity index (χ2n) is 4.52. The number of rotatable bonds is 4. The van der Waals surface area contributed by atoms with E-state index in [1.54, 1.807) is 0 Å². The summed E-state index contributed by atoms with van der Waals surface area (Å²) >= 11 is 0. The second kappa shape index (κ2) is 5.87. The van der Waals surface area contributed by atoms with E-state index in [4.69, 9.17) is 9.47 Å². The van der Waals surface area contributed by atoms with E-state index < -0.39 is 16.6 Å². The van der Waals surface area contributed by atoms with Crippen LogP contribution >= 0.6 is 0 Å². The van der Waals surface area contributed by atoms with Crippen LogP contribution in [-0.2, 0) is 0 Å². The van der Waals surface area contributed by atoms with Gasteiger partial charge in [0.05, 0.1) is 28.5 Å². The number of halogens is 2. The fourth-order valence-corrected chi connectivity index (χ4v) is 1.96. The molecule has 1 heterocycles. The number of nitro groups is 1. The van der Waals surface area contributed by atoms with Crippen molar-refractivity contribution < 1.29 is 23.2 Å². The zero-order chi connectivity index (χ0) is 16.4. The predicted molar refractivity (Wildman–Crippen MR) is 76.8 cm³/mol. The van der Waals surface area contributed by atoms with Gasteiger partial charge in [0.15, 0.2) is 17.3 Å². The van der Waals surface area contributed by atoms with E-state index in [2.05, 4.69) is 10.5 Å². The summed E-state index contributed by atoms with van der Waals surface area (Å²) in [4.78, 5) is 10.5. The van der Waals surface area contributed by atoms with Crippen molar-refractivity contribution in [3.8, 4) is 11.5 Å². The fraction of sp³-hybridized carbons (Fsp3) is 0.0714. The quantitative estimate of drug-likeness (QED) is 0.531. The fourth-order valence-electron chi connectivity index (χ4n) is 1.96. The van der Waals surface area contributed by atoms with E-state index in [-0.39, 0.29) is 29.5 Å². The van der Waals surface area contributed by atoms with Crippen molar-refractivity contribution in [2.45, 2.75) is 0 Å². The van der Waals surface area contributed by atoms with Crippen molar-refractivity contribution in [3.63, 3.8) is 0 Å². The number of hydrogen-bond donors (Lipinski definition) is 1. The SMILES string of the molecule is O=[N+]([O-])c1cc2c(cc1/C=N\Nc1ccc(F)cc1F)OCO2. The van der Waals surface area contributed by atoms with Gasteiger partial charge in [-0.1, -0.05) is 0 Å². The van der Waals surface area contributed by atoms with Crippen molar-refractivity contribution in [1.29, 1.82) is 0 Å². The Balaban J connectivity index is 1.85. The number of benzene rings is 2. The highest BCUT2D eigenvalue weighted by atomic mass is 19.1. The molecule has 0 atom stereocenters. The highest BCUT2D eigenvalue weighted by Gasteiger charge is 2.22. The number of nitrogens with zero attached hydrogens (tertiary/aromatic N) is 2. The first-order valence-corrected chi connectivity index (χ1v) is 6.37. The van der Waals surface area contributed by atoms with E-state index in [0.717, 1.165) is 18.3 Å². The molecule has 2 aromatic carbocycles. The molecule has 0 fully saturated rings. The van der Waals surface area contributed by atoms with Crippen LogP contribution in [0.1, 0.15) is 5.56 Å². The van der Waals surface area contributed by atoms with Crippen LogP contribution in [0, 0.1) is 21.7 Å². The molecule has 0 unspecified atom stereocenters. The highest BCUT2D eigenvalue weighted by Crippen LogP contribution is 2.37. The molecule has 0 amide bonds. The Morgan fingerprint density at radius 1 is 1.22 bits per heavy atom. The van der Waals surface area contributed by atoms with Crippen LogP contribution in [0.2, 0.25) is 0 Å². The molecule has 0 radical (unpaired) electrons. The van der Waals surface area contributed by atoms with E-state index in [1.165, 1.54) is 12.1 Å². The molecule has 0 saturated carbocycles. The first kappa shape index (κ1) is 14.7. The zero-order valence-corrected chi connectivity index (χ0v) is 11.5. The maximum Gasteiger partial charge on any atom is 0.282 e. The predicted octanol–water partition coefficient (Wildman–Crippen LogP) is 3.05. The lowest BCUT2D eigenvalue weighted by Crippen LogP contribution is -1.98. The summed E-state index contributed by atoms with van der Waals surface area (Å²) in [6, 6.07) is 5.54. The molecule has 9 heteroatoms. The molecule has 0 aliphatic carbocycles. The number of nitrogens with one attached hydrogen (secondary N) is 1. The Bertz CT molecular complexity index is 811. The van der Waals surface area contributed by atoms with Crippen molar-refractivity contribution in [3.05, 3.63) is 57.6 Å². The highest BCUT2D eigenvalue weighted by molar-refractivity contribution is 5.87. The molecule has 0 aromatic heterocycles. The van der Waals surface area contributed by atoms with Crippen LogP contribution in [-0.4, -0.2) is 17.9 Å². The number of hydrazone groups is 1. The summed E-state index contributed by atoms with van der Waals surface area (Å²) in [5, 5.41) is 14.8. The Morgan fingerprint density at radius 3 is 2.65 bits per heavy atom. The lowest BCUT2D eigenvalue weighted by molar-refractivity contribution is -0.385. The van der Waals surface area contributed by atoms with Gasteiger partial charge in [-0.25, -0.2) is 8.78 Å². The van der Waals surface area contributed by atoms with Gasteiger partial charge < -0.3 is 9.47 Å². The van der Waals surface area contributed by atoms with Crippen LogP contribution in [0.15, 0.2) is 35.4 Å². The second-order valence-corrected chi connectivity index (χ2v) is 4.52. The van der Waals surface area contributed by atoms with Gasteiger partial charge in [0.2, 0.25) is 6.79 Å². The van der Waals surface area contributed by atoms with Crippen molar-refractivity contribution in [1.82, 2.24) is 0 Å². The number of anilines is 1. The van der Waals surface area contributed by atoms with Gasteiger partial charge in [-0.3, -0.25) is 15.5 Å². The molecule has 1 aliphatic rings. The first-order valence-electron chi connectivity index (χ1n) is 6.37. The summed E-state index contributed by atoms with van der Waals surface area (Å²) in [5.74, 6) is -0.929. The third-order valence-electron chi connectivity index (χ3n) is 3.04. The molecule has 0 bridgehead atoms. The van der Waals surface area contributed by atoms with Gasteiger partial charge in [-0.15, -0.1) is 0 Å². The van der Waals surface area contributed by atoms with Crippen LogP contribution in [0.4, 0.5) is 20.2 Å². The molecule has 1 aliphatic heterocycles. The summed E-state index contributed by atoms with van der Waals surface area (Å²) < 4.78 is 36.5. The van der Waals surface area contributed by atoms with E-state index in [9.17, 15) is 18.9 Å². The largest absolute Gasteiger partial charge is 0.454 e. The molecule has 23 heavy (non-hydrogen) atoms. The van der Waals surface area contributed by atoms with Gasteiger partial charge in [-0.05, 0) is 18.2 Å². The molecule has 0 spiro atoms. The lowest BCUT2D eigenvalue weighted by Gasteiger charge is -2.03. The Hall–Kier alpha value is -3.23. The minimum absolute atomic E-state index is 0.0217. The molecular weight excluding hydrogens is 312 g/mol.